The van der Waals surface area contributed by atoms with E-state index in [1.54, 1.807) is 60.7 Å². The van der Waals surface area contributed by atoms with Crippen molar-refractivity contribution in [3.05, 3.63) is 111 Å². The smallest absolute Gasteiger partial charge is 0.258 e. The van der Waals surface area contributed by atoms with Crippen molar-refractivity contribution in [2.75, 3.05) is 9.80 Å². The van der Waals surface area contributed by atoms with Gasteiger partial charge in [-0.1, -0.05) is 64.0 Å². The summed E-state index contributed by atoms with van der Waals surface area (Å²) in [5.74, 6) is -22.0. The number of carbonyl (C=O) groups excluding carboxylic acids is 4. The summed E-state index contributed by atoms with van der Waals surface area (Å²) in [6.45, 7) is 0. The van der Waals surface area contributed by atoms with Gasteiger partial charge >= 0.3 is 0 Å². The SMILES string of the molecule is O=C1[C@H]2[C@H](CC=C3[C@H]2C[C@@]2(Cl)C(=O)N(c4c(F)c(F)c(F)c(F)c4F)C(=O)[C@@]2(Cl)[C@H]3c2ccc3ccccc3c2O)C(=O)N1c1ccc(Br)cc1. The molecule has 15 heteroatoms. The molecule has 0 aromatic heterocycles. The molecule has 2 aliphatic carbocycles. The van der Waals surface area contributed by atoms with Crippen molar-refractivity contribution in [1.29, 1.82) is 0 Å². The highest BCUT2D eigenvalue weighted by molar-refractivity contribution is 9.10. The fraction of sp³-hybridized carbons (Fsp3) is 0.222. The average molecular weight is 806 g/mol. The summed E-state index contributed by atoms with van der Waals surface area (Å²) in [7, 11) is 0. The van der Waals surface area contributed by atoms with Gasteiger partial charge in [0.25, 0.3) is 11.8 Å². The predicted octanol–water partition coefficient (Wildman–Crippen LogP) is 7.77. The quantitative estimate of drug-likeness (QED) is 0.0571. The summed E-state index contributed by atoms with van der Waals surface area (Å²) < 4.78 is 74.3. The van der Waals surface area contributed by atoms with Crippen LogP contribution in [-0.2, 0) is 19.2 Å². The second-order valence-corrected chi connectivity index (χ2v) is 15.1. The van der Waals surface area contributed by atoms with E-state index in [1.165, 1.54) is 6.07 Å². The zero-order valence-corrected chi connectivity index (χ0v) is 28.7. The van der Waals surface area contributed by atoms with E-state index in [-0.39, 0.29) is 33.5 Å². The van der Waals surface area contributed by atoms with Crippen LogP contribution in [0.15, 0.2) is 76.8 Å². The Bertz CT molecular complexity index is 2300. The normalized spacial score (nSPS) is 28.7. The molecule has 4 amide bonds. The molecule has 7 nitrogen and oxygen atoms in total. The minimum Gasteiger partial charge on any atom is -0.507 e. The third-order valence-electron chi connectivity index (χ3n) is 10.5. The lowest BCUT2D eigenvalue weighted by Crippen LogP contribution is -2.60. The first kappa shape index (κ1) is 33.8. The highest BCUT2D eigenvalue weighted by Gasteiger charge is 2.77. The fourth-order valence-corrected chi connectivity index (χ4v) is 9.45. The van der Waals surface area contributed by atoms with Gasteiger partial charge in [-0.15, -0.1) is 23.2 Å². The second kappa shape index (κ2) is 11.3. The van der Waals surface area contributed by atoms with Gasteiger partial charge in [-0.2, -0.15) is 0 Å². The standard InChI is InChI=1S/C36H20BrCl2F5N2O5/c37-15-6-8-16(9-7-15)45-31(48)19-12-11-18-21(22(19)32(45)49)13-35(38)33(50)46(29-27(43)25(41)24(40)26(42)28(29)44)34(51)36(35,39)23(18)20-10-5-14-3-1-2-4-17(14)30(20)47/h1-11,19,21-23,47H,12-13H2/t19-,21+,22-,23+,35+,36-/m0/s1. The van der Waals surface area contributed by atoms with Gasteiger partial charge in [-0.05, 0) is 48.4 Å². The molecule has 0 radical (unpaired) electrons. The molecule has 3 fully saturated rings. The number of phenolic OH excluding ortho intramolecular Hbond substituents is 1. The molecular weight excluding hydrogens is 786 g/mol. The molecule has 1 saturated carbocycles. The number of fused-ring (bicyclic) bond motifs is 5. The van der Waals surface area contributed by atoms with E-state index >= 15 is 8.78 Å². The van der Waals surface area contributed by atoms with Gasteiger partial charge in [-0.3, -0.25) is 24.1 Å². The van der Waals surface area contributed by atoms with Crippen LogP contribution in [0.25, 0.3) is 10.8 Å². The zero-order valence-electron chi connectivity index (χ0n) is 25.6. The number of allylic oxidation sites excluding steroid dienone is 2. The van der Waals surface area contributed by atoms with Crippen LogP contribution in [0.2, 0.25) is 0 Å². The number of imide groups is 2. The Kier molecular flexibility index (Phi) is 7.51. The number of aromatic hydroxyl groups is 1. The van der Waals surface area contributed by atoms with Crippen molar-refractivity contribution < 1.29 is 46.2 Å². The third kappa shape index (κ3) is 4.28. The lowest BCUT2D eigenvalue weighted by Gasteiger charge is -2.50. The van der Waals surface area contributed by atoms with Crippen molar-refractivity contribution in [1.82, 2.24) is 0 Å². The Balaban J connectivity index is 1.35. The Morgan fingerprint density at radius 1 is 0.745 bits per heavy atom. The van der Waals surface area contributed by atoms with Crippen molar-refractivity contribution in [2.45, 2.75) is 28.5 Å². The van der Waals surface area contributed by atoms with E-state index in [0.29, 0.717) is 9.86 Å². The summed E-state index contributed by atoms with van der Waals surface area (Å²) in [4.78, 5) is 52.2. The highest BCUT2D eigenvalue weighted by Crippen LogP contribution is 2.67. The summed E-state index contributed by atoms with van der Waals surface area (Å²) in [6, 6.07) is 15.9. The van der Waals surface area contributed by atoms with Gasteiger partial charge in [0.2, 0.25) is 17.6 Å². The summed E-state index contributed by atoms with van der Waals surface area (Å²) in [5.41, 5.74) is -1.45. The van der Waals surface area contributed by atoms with E-state index in [1.807, 2.05) is 0 Å². The number of halogens is 8. The van der Waals surface area contributed by atoms with Gasteiger partial charge in [0.15, 0.2) is 33.0 Å². The van der Waals surface area contributed by atoms with Crippen molar-refractivity contribution in [3.63, 3.8) is 0 Å². The number of carbonyl (C=O) groups is 4. The Labute approximate surface area is 303 Å². The maximum atomic E-state index is 15.3. The monoisotopic (exact) mass is 804 g/mol. The maximum absolute atomic E-state index is 15.3. The first-order chi connectivity index (χ1) is 24.1. The number of alkyl halides is 2. The molecule has 51 heavy (non-hydrogen) atoms. The number of anilines is 2. The van der Waals surface area contributed by atoms with E-state index < -0.39 is 104 Å². The minimum absolute atomic E-state index is 0.0370. The van der Waals surface area contributed by atoms with Crippen LogP contribution in [0.3, 0.4) is 0 Å². The number of phenols is 1. The first-order valence-corrected chi connectivity index (χ1v) is 17.0. The number of hydrogen-bond donors (Lipinski definition) is 1. The van der Waals surface area contributed by atoms with Gasteiger partial charge in [-0.25, -0.2) is 26.9 Å². The number of rotatable bonds is 3. The average Bonchev–Trinajstić information content (AvgIpc) is 3.45. The Hall–Kier alpha value is -4.33. The molecule has 4 aliphatic rings. The highest BCUT2D eigenvalue weighted by atomic mass is 79.9. The number of nitrogens with zero attached hydrogens (tertiary/aromatic N) is 2. The Morgan fingerprint density at radius 3 is 2.04 bits per heavy atom. The number of benzene rings is 4. The molecule has 2 saturated heterocycles. The summed E-state index contributed by atoms with van der Waals surface area (Å²) in [5, 5.41) is 12.5. The topological polar surface area (TPSA) is 95.0 Å². The van der Waals surface area contributed by atoms with E-state index in [0.717, 1.165) is 4.90 Å². The maximum Gasteiger partial charge on any atom is 0.258 e. The molecule has 260 valence electrons. The Morgan fingerprint density at radius 2 is 1.37 bits per heavy atom. The van der Waals surface area contributed by atoms with Crippen molar-refractivity contribution in [2.24, 2.45) is 17.8 Å². The first-order valence-electron chi connectivity index (χ1n) is 15.5. The van der Waals surface area contributed by atoms with Crippen LogP contribution in [0.1, 0.15) is 24.3 Å². The van der Waals surface area contributed by atoms with Gasteiger partial charge < -0.3 is 5.11 Å². The van der Waals surface area contributed by atoms with Crippen LogP contribution >= 0.6 is 39.1 Å². The predicted molar refractivity (Wildman–Crippen MR) is 179 cm³/mol. The van der Waals surface area contributed by atoms with Gasteiger partial charge in [0.05, 0.1) is 17.5 Å². The summed E-state index contributed by atoms with van der Waals surface area (Å²) >= 11 is 17.7. The minimum atomic E-state index is -2.75. The van der Waals surface area contributed by atoms with Crippen LogP contribution in [-0.4, -0.2) is 38.5 Å². The molecule has 4 aromatic carbocycles. The fourth-order valence-electron chi connectivity index (χ4n) is 8.26. The third-order valence-corrected chi connectivity index (χ3v) is 12.5. The molecule has 0 bridgehead atoms. The van der Waals surface area contributed by atoms with Crippen LogP contribution in [0.5, 0.6) is 5.75 Å². The molecule has 0 spiro atoms. The molecule has 6 atom stereocenters. The van der Waals surface area contributed by atoms with Crippen LogP contribution in [0, 0.1) is 46.8 Å². The van der Waals surface area contributed by atoms with Crippen LogP contribution in [0.4, 0.5) is 33.3 Å². The number of hydrogen-bond acceptors (Lipinski definition) is 5. The number of amides is 4. The van der Waals surface area contributed by atoms with Crippen LogP contribution < -0.4 is 9.80 Å². The molecule has 0 unspecified atom stereocenters. The van der Waals surface area contributed by atoms with Gasteiger partial charge in [0.1, 0.15) is 11.4 Å². The molecule has 8 rings (SSSR count). The second-order valence-electron chi connectivity index (χ2n) is 12.9. The van der Waals surface area contributed by atoms with E-state index in [4.69, 9.17) is 23.2 Å². The molecule has 1 N–H and O–H groups in total. The van der Waals surface area contributed by atoms with Crippen molar-refractivity contribution in [3.8, 4) is 5.75 Å². The van der Waals surface area contributed by atoms with E-state index in [2.05, 4.69) is 15.9 Å². The largest absolute Gasteiger partial charge is 0.507 e. The molecular formula is C36H20BrCl2F5N2O5. The molecule has 4 aromatic rings. The zero-order chi connectivity index (χ0) is 36.5. The molecule has 2 aliphatic heterocycles. The van der Waals surface area contributed by atoms with Crippen molar-refractivity contribution >= 4 is 84.9 Å². The summed E-state index contributed by atoms with van der Waals surface area (Å²) in [6.07, 6.45) is 0.880. The van der Waals surface area contributed by atoms with Gasteiger partial charge in [0, 0.05) is 21.3 Å². The molecule has 2 heterocycles. The lowest BCUT2D eigenvalue weighted by atomic mass is 9.56. The lowest BCUT2D eigenvalue weighted by molar-refractivity contribution is -0.125. The van der Waals surface area contributed by atoms with E-state index in [9.17, 15) is 37.5 Å².